The first-order chi connectivity index (χ1) is 13.8. The van der Waals surface area contributed by atoms with E-state index in [1.165, 1.54) is 5.56 Å². The molecule has 142 valence electrons. The first-order valence-electron chi connectivity index (χ1n) is 9.50. The third-order valence-electron chi connectivity index (χ3n) is 4.78. The highest BCUT2D eigenvalue weighted by molar-refractivity contribution is 5.77. The summed E-state index contributed by atoms with van der Waals surface area (Å²) in [5, 5.41) is 3.00. The quantitative estimate of drug-likeness (QED) is 0.516. The number of aromatic nitrogens is 4. The average molecular weight is 373 g/mol. The predicted molar refractivity (Wildman–Crippen MR) is 109 cm³/mol. The monoisotopic (exact) mass is 373 g/mol. The van der Waals surface area contributed by atoms with Crippen LogP contribution < -0.4 is 5.32 Å². The second kappa shape index (κ2) is 8.52. The number of amides is 1. The smallest absolute Gasteiger partial charge is 0.221 e. The minimum absolute atomic E-state index is 0.0407. The molecule has 1 N–H and O–H groups in total. The second-order valence-corrected chi connectivity index (χ2v) is 6.73. The molecule has 2 heterocycles. The van der Waals surface area contributed by atoms with Gasteiger partial charge >= 0.3 is 0 Å². The van der Waals surface area contributed by atoms with Crippen LogP contribution in [0.3, 0.4) is 0 Å². The van der Waals surface area contributed by atoms with Gasteiger partial charge in [0, 0.05) is 44.9 Å². The number of rotatable bonds is 8. The molecule has 0 saturated heterocycles. The number of carbonyl (C=O) groups excluding carboxylic acids is 1. The summed E-state index contributed by atoms with van der Waals surface area (Å²) in [7, 11) is 0. The molecule has 6 nitrogen and oxygen atoms in total. The Morgan fingerprint density at radius 1 is 0.964 bits per heavy atom. The van der Waals surface area contributed by atoms with Gasteiger partial charge < -0.3 is 14.5 Å². The Balaban J connectivity index is 1.25. The maximum atomic E-state index is 12.2. The van der Waals surface area contributed by atoms with E-state index < -0.39 is 0 Å². The van der Waals surface area contributed by atoms with Gasteiger partial charge in [0.1, 0.15) is 5.82 Å². The number of benzene rings is 2. The Hall–Kier alpha value is -3.41. The summed E-state index contributed by atoms with van der Waals surface area (Å²) in [6.45, 7) is 1.99. The van der Waals surface area contributed by atoms with Crippen LogP contribution in [-0.4, -0.2) is 31.6 Å². The molecule has 6 heteroatoms. The van der Waals surface area contributed by atoms with Crippen LogP contribution >= 0.6 is 0 Å². The van der Waals surface area contributed by atoms with Gasteiger partial charge in [-0.2, -0.15) is 0 Å². The van der Waals surface area contributed by atoms with E-state index in [1.807, 2.05) is 59.4 Å². The van der Waals surface area contributed by atoms with E-state index in [2.05, 4.69) is 32.0 Å². The topological polar surface area (TPSA) is 64.7 Å². The minimum atomic E-state index is 0.0407. The van der Waals surface area contributed by atoms with E-state index in [9.17, 15) is 4.79 Å². The third kappa shape index (κ3) is 4.28. The number of nitrogens with zero attached hydrogens (tertiary/aromatic N) is 4. The van der Waals surface area contributed by atoms with Gasteiger partial charge in [-0.3, -0.25) is 4.79 Å². The summed E-state index contributed by atoms with van der Waals surface area (Å²) in [6, 6.07) is 18.2. The molecule has 0 saturated carbocycles. The fourth-order valence-electron chi connectivity index (χ4n) is 3.30. The summed E-state index contributed by atoms with van der Waals surface area (Å²) in [5.41, 5.74) is 3.24. The molecule has 0 atom stereocenters. The summed E-state index contributed by atoms with van der Waals surface area (Å²) < 4.78 is 4.14. The Kier molecular flexibility index (Phi) is 5.47. The first-order valence-corrected chi connectivity index (χ1v) is 9.50. The lowest BCUT2D eigenvalue weighted by molar-refractivity contribution is -0.121. The first kappa shape index (κ1) is 18.0. The number of fused-ring (bicyclic) bond motifs is 1. The van der Waals surface area contributed by atoms with Crippen LogP contribution in [0.25, 0.3) is 11.0 Å². The minimum Gasteiger partial charge on any atom is -0.356 e. The van der Waals surface area contributed by atoms with Gasteiger partial charge in [-0.25, -0.2) is 9.97 Å². The molecule has 0 aliphatic rings. The molecule has 28 heavy (non-hydrogen) atoms. The lowest BCUT2D eigenvalue weighted by Crippen LogP contribution is -2.27. The molecule has 0 bridgehead atoms. The van der Waals surface area contributed by atoms with Crippen molar-refractivity contribution in [1.82, 2.24) is 24.4 Å². The van der Waals surface area contributed by atoms with Gasteiger partial charge in [0.25, 0.3) is 0 Å². The normalized spacial score (nSPS) is 11.0. The van der Waals surface area contributed by atoms with Crippen LogP contribution in [0.2, 0.25) is 0 Å². The molecular formula is C22H23N5O. The van der Waals surface area contributed by atoms with Crippen LogP contribution in [0, 0.1) is 0 Å². The highest BCUT2D eigenvalue weighted by Crippen LogP contribution is 2.12. The number of hydrogen-bond donors (Lipinski definition) is 1. The zero-order valence-electron chi connectivity index (χ0n) is 15.7. The maximum absolute atomic E-state index is 12.2. The van der Waals surface area contributed by atoms with Crippen molar-refractivity contribution in [2.45, 2.75) is 25.9 Å². The lowest BCUT2D eigenvalue weighted by atomic mass is 10.2. The Morgan fingerprint density at radius 3 is 2.68 bits per heavy atom. The van der Waals surface area contributed by atoms with Crippen molar-refractivity contribution in [3.8, 4) is 0 Å². The van der Waals surface area contributed by atoms with Crippen molar-refractivity contribution in [2.24, 2.45) is 0 Å². The number of carbonyl (C=O) groups is 1. The van der Waals surface area contributed by atoms with Crippen LogP contribution in [0.15, 0.2) is 73.3 Å². The van der Waals surface area contributed by atoms with E-state index >= 15 is 0 Å². The van der Waals surface area contributed by atoms with Crippen LogP contribution in [0.4, 0.5) is 0 Å². The van der Waals surface area contributed by atoms with Gasteiger partial charge in [0.05, 0.1) is 17.4 Å². The second-order valence-electron chi connectivity index (χ2n) is 6.73. The van der Waals surface area contributed by atoms with Crippen molar-refractivity contribution in [3.05, 3.63) is 84.7 Å². The maximum Gasteiger partial charge on any atom is 0.221 e. The lowest BCUT2D eigenvalue weighted by Gasteiger charge is -2.09. The summed E-state index contributed by atoms with van der Waals surface area (Å²) in [4.78, 5) is 21.0. The summed E-state index contributed by atoms with van der Waals surface area (Å²) in [5.74, 6) is 1.02. The largest absolute Gasteiger partial charge is 0.356 e. The number of hydrogen-bond acceptors (Lipinski definition) is 3. The van der Waals surface area contributed by atoms with Crippen molar-refractivity contribution < 1.29 is 4.79 Å². The van der Waals surface area contributed by atoms with Crippen molar-refractivity contribution in [2.75, 3.05) is 6.54 Å². The number of aryl methyl sites for hydroxylation is 1. The average Bonchev–Trinajstić information content (AvgIpc) is 3.34. The van der Waals surface area contributed by atoms with Gasteiger partial charge in [0.2, 0.25) is 5.91 Å². The fraction of sp³-hybridized carbons (Fsp3) is 0.227. The van der Waals surface area contributed by atoms with E-state index in [0.29, 0.717) is 25.9 Å². The number of para-hydroxylation sites is 2. The molecule has 2 aromatic heterocycles. The Labute approximate surface area is 163 Å². The summed E-state index contributed by atoms with van der Waals surface area (Å²) >= 11 is 0. The fourth-order valence-corrected chi connectivity index (χ4v) is 3.30. The van der Waals surface area contributed by atoms with Gasteiger partial charge in [-0.15, -0.1) is 0 Å². The Bertz CT molecular complexity index is 1050. The van der Waals surface area contributed by atoms with Crippen LogP contribution in [0.5, 0.6) is 0 Å². The summed E-state index contributed by atoms with van der Waals surface area (Å²) in [6.07, 6.45) is 6.72. The molecule has 1 amide bonds. The van der Waals surface area contributed by atoms with E-state index in [-0.39, 0.29) is 5.91 Å². The van der Waals surface area contributed by atoms with Gasteiger partial charge in [-0.1, -0.05) is 42.5 Å². The Morgan fingerprint density at radius 2 is 1.79 bits per heavy atom. The SMILES string of the molecule is O=C(CCn1cnc2ccccc21)NCCc1nccn1Cc1ccccc1. The van der Waals surface area contributed by atoms with Crippen molar-refractivity contribution >= 4 is 16.9 Å². The van der Waals surface area contributed by atoms with Crippen molar-refractivity contribution in [3.63, 3.8) is 0 Å². The molecule has 0 aliphatic carbocycles. The zero-order valence-corrected chi connectivity index (χ0v) is 15.7. The van der Waals surface area contributed by atoms with E-state index in [1.54, 1.807) is 6.33 Å². The van der Waals surface area contributed by atoms with E-state index in [0.717, 1.165) is 23.4 Å². The van der Waals surface area contributed by atoms with E-state index in [4.69, 9.17) is 0 Å². The van der Waals surface area contributed by atoms with Crippen molar-refractivity contribution in [1.29, 1.82) is 0 Å². The van der Waals surface area contributed by atoms with Crippen LogP contribution in [0.1, 0.15) is 17.8 Å². The zero-order chi connectivity index (χ0) is 19.2. The van der Waals surface area contributed by atoms with Gasteiger partial charge in [-0.05, 0) is 17.7 Å². The molecule has 4 aromatic rings. The molecule has 0 fully saturated rings. The predicted octanol–water partition coefficient (Wildman–Crippen LogP) is 3.03. The molecule has 4 rings (SSSR count). The highest BCUT2D eigenvalue weighted by Gasteiger charge is 2.07. The third-order valence-corrected chi connectivity index (χ3v) is 4.78. The van der Waals surface area contributed by atoms with Crippen LogP contribution in [-0.2, 0) is 24.3 Å². The highest BCUT2D eigenvalue weighted by atomic mass is 16.1. The molecule has 0 radical (unpaired) electrons. The number of imidazole rings is 2. The number of nitrogens with one attached hydrogen (secondary N) is 1. The molecule has 2 aromatic carbocycles. The molecular weight excluding hydrogens is 350 g/mol. The van der Waals surface area contributed by atoms with Gasteiger partial charge in [0.15, 0.2) is 0 Å². The molecule has 0 aliphatic heterocycles. The molecule has 0 spiro atoms. The standard InChI is InChI=1S/C22H23N5O/c28-22(11-14-27-17-25-19-8-4-5-9-20(19)27)24-12-10-21-23-13-15-26(21)16-18-6-2-1-3-7-18/h1-9,13,15,17H,10-12,14,16H2,(H,24,28). The molecule has 0 unspecified atom stereocenters.